The number of carbonyl (C=O) groups excluding carboxylic acids is 1. The van der Waals surface area contributed by atoms with Gasteiger partial charge in [0.2, 0.25) is 0 Å². The molecule has 21 heavy (non-hydrogen) atoms. The zero-order valence-electron chi connectivity index (χ0n) is 11.8. The minimum atomic E-state index is -0.224. The molecule has 3 aliphatic rings. The Balaban J connectivity index is 1.59. The van der Waals surface area contributed by atoms with E-state index in [1.165, 1.54) is 30.6 Å². The molecule has 5 nitrogen and oxygen atoms in total. The van der Waals surface area contributed by atoms with Crippen LogP contribution in [0.4, 0.5) is 10.7 Å². The van der Waals surface area contributed by atoms with Crippen molar-refractivity contribution in [2.75, 3.05) is 18.1 Å². The Labute approximate surface area is 127 Å². The SMILES string of the molecule is CNC(=O)c1sc(NC2C3C4CCC(C4)C23)c(C#N)c1N. The minimum absolute atomic E-state index is 0.224. The van der Waals surface area contributed by atoms with Crippen molar-refractivity contribution in [1.29, 1.82) is 5.26 Å². The fourth-order valence-electron chi connectivity index (χ4n) is 4.61. The number of fused-ring (bicyclic) bond motifs is 5. The molecule has 3 saturated carbocycles. The largest absolute Gasteiger partial charge is 0.396 e. The quantitative estimate of drug-likeness (QED) is 0.796. The predicted octanol–water partition coefficient (Wildman–Crippen LogP) is 2.02. The van der Waals surface area contributed by atoms with E-state index in [4.69, 9.17) is 5.73 Å². The number of nitrogens with zero attached hydrogens (tertiary/aromatic N) is 1. The van der Waals surface area contributed by atoms with E-state index in [1.54, 1.807) is 7.05 Å². The number of nitrogens with two attached hydrogens (primary N) is 1. The molecule has 4 unspecified atom stereocenters. The lowest BCUT2D eigenvalue weighted by molar-refractivity contribution is 0.0968. The molecule has 0 spiro atoms. The maximum Gasteiger partial charge on any atom is 0.263 e. The molecule has 1 amide bonds. The van der Waals surface area contributed by atoms with Gasteiger partial charge in [0.05, 0.1) is 5.69 Å². The molecule has 1 heterocycles. The number of amides is 1. The predicted molar refractivity (Wildman–Crippen MR) is 82.1 cm³/mol. The topological polar surface area (TPSA) is 90.9 Å². The lowest BCUT2D eigenvalue weighted by atomic mass is 10.0. The molecule has 110 valence electrons. The molecular formula is C15H18N4OS. The fraction of sp³-hybridized carbons (Fsp3) is 0.600. The van der Waals surface area contributed by atoms with Crippen LogP contribution in [-0.2, 0) is 0 Å². The Hall–Kier alpha value is -1.74. The van der Waals surface area contributed by atoms with Gasteiger partial charge in [0.1, 0.15) is 21.5 Å². The Morgan fingerprint density at radius 2 is 2.05 bits per heavy atom. The van der Waals surface area contributed by atoms with Gasteiger partial charge < -0.3 is 16.4 Å². The Morgan fingerprint density at radius 3 is 2.62 bits per heavy atom. The van der Waals surface area contributed by atoms with Crippen molar-refractivity contribution in [3.63, 3.8) is 0 Å². The number of rotatable bonds is 3. The van der Waals surface area contributed by atoms with Gasteiger partial charge in [0.15, 0.2) is 0 Å². The van der Waals surface area contributed by atoms with E-state index in [9.17, 15) is 10.1 Å². The highest BCUT2D eigenvalue weighted by molar-refractivity contribution is 7.19. The van der Waals surface area contributed by atoms with Crippen LogP contribution < -0.4 is 16.4 Å². The lowest BCUT2D eigenvalue weighted by Crippen LogP contribution is -2.17. The molecular weight excluding hydrogens is 284 g/mol. The van der Waals surface area contributed by atoms with Crippen molar-refractivity contribution in [3.8, 4) is 6.07 Å². The second kappa shape index (κ2) is 4.38. The summed E-state index contributed by atoms with van der Waals surface area (Å²) in [5.41, 5.74) is 6.69. The van der Waals surface area contributed by atoms with Crippen molar-refractivity contribution < 1.29 is 4.79 Å². The first-order valence-electron chi connectivity index (χ1n) is 7.46. The third kappa shape index (κ3) is 1.70. The first kappa shape index (κ1) is 13.0. The van der Waals surface area contributed by atoms with Gasteiger partial charge in [-0.3, -0.25) is 4.79 Å². The summed E-state index contributed by atoms with van der Waals surface area (Å²) in [6, 6.07) is 2.63. The molecule has 4 rings (SSSR count). The van der Waals surface area contributed by atoms with E-state index in [0.717, 1.165) is 28.7 Å². The fourth-order valence-corrected chi connectivity index (χ4v) is 5.67. The number of anilines is 2. The second-order valence-corrected chi connectivity index (χ2v) is 7.42. The van der Waals surface area contributed by atoms with Gasteiger partial charge in [0, 0.05) is 13.1 Å². The van der Waals surface area contributed by atoms with Gasteiger partial charge >= 0.3 is 0 Å². The highest BCUT2D eigenvalue weighted by Crippen LogP contribution is 2.66. The third-order valence-electron chi connectivity index (χ3n) is 5.52. The summed E-state index contributed by atoms with van der Waals surface area (Å²) >= 11 is 1.30. The number of hydrogen-bond donors (Lipinski definition) is 3. The van der Waals surface area contributed by atoms with Gasteiger partial charge in [-0.05, 0) is 42.9 Å². The average Bonchev–Trinajstić information content (AvgIpc) is 2.82. The lowest BCUT2D eigenvalue weighted by Gasteiger charge is -2.10. The Morgan fingerprint density at radius 1 is 1.38 bits per heavy atom. The Kier molecular flexibility index (Phi) is 2.70. The van der Waals surface area contributed by atoms with Crippen LogP contribution in [-0.4, -0.2) is 19.0 Å². The molecule has 3 fully saturated rings. The molecule has 4 N–H and O–H groups in total. The van der Waals surface area contributed by atoms with Crippen LogP contribution in [0.25, 0.3) is 0 Å². The summed E-state index contributed by atoms with van der Waals surface area (Å²) < 4.78 is 0. The summed E-state index contributed by atoms with van der Waals surface area (Å²) in [5.74, 6) is 3.08. The number of carbonyl (C=O) groups is 1. The van der Waals surface area contributed by atoms with Crippen molar-refractivity contribution in [2.24, 2.45) is 23.7 Å². The zero-order chi connectivity index (χ0) is 14.7. The first-order chi connectivity index (χ1) is 10.2. The highest BCUT2D eigenvalue weighted by atomic mass is 32.1. The van der Waals surface area contributed by atoms with Gasteiger partial charge in [-0.1, -0.05) is 0 Å². The Bertz CT molecular complexity index is 645. The zero-order valence-corrected chi connectivity index (χ0v) is 12.7. The van der Waals surface area contributed by atoms with E-state index >= 15 is 0 Å². The molecule has 0 aromatic carbocycles. The van der Waals surface area contributed by atoms with Crippen LogP contribution in [0.15, 0.2) is 0 Å². The number of nitrogens with one attached hydrogen (secondary N) is 2. The number of hydrogen-bond acceptors (Lipinski definition) is 5. The van der Waals surface area contributed by atoms with E-state index in [2.05, 4.69) is 16.7 Å². The smallest absolute Gasteiger partial charge is 0.263 e. The average molecular weight is 302 g/mol. The maximum atomic E-state index is 11.8. The van der Waals surface area contributed by atoms with E-state index < -0.39 is 0 Å². The molecule has 6 heteroatoms. The molecule has 1 aromatic heterocycles. The van der Waals surface area contributed by atoms with Crippen molar-refractivity contribution in [3.05, 3.63) is 10.4 Å². The van der Waals surface area contributed by atoms with Gasteiger partial charge in [-0.15, -0.1) is 11.3 Å². The molecule has 0 radical (unpaired) electrons. The number of thiophene rings is 1. The standard InChI is InChI=1S/C15H18N4OS/c1-18-14(20)13-11(17)8(5-16)15(21-13)19-12-9-6-2-3-7(4-6)10(9)12/h6-7,9-10,12,19H,2-4,17H2,1H3,(H,18,20). The molecule has 3 aliphatic carbocycles. The van der Waals surface area contributed by atoms with Crippen LogP contribution in [0.5, 0.6) is 0 Å². The second-order valence-electron chi connectivity index (χ2n) is 6.40. The van der Waals surface area contributed by atoms with Crippen molar-refractivity contribution in [2.45, 2.75) is 25.3 Å². The number of nitriles is 1. The van der Waals surface area contributed by atoms with E-state index in [-0.39, 0.29) is 5.91 Å². The molecule has 2 bridgehead atoms. The summed E-state index contributed by atoms with van der Waals surface area (Å²) in [7, 11) is 1.57. The summed E-state index contributed by atoms with van der Waals surface area (Å²) in [6.45, 7) is 0. The first-order valence-corrected chi connectivity index (χ1v) is 8.28. The van der Waals surface area contributed by atoms with Crippen LogP contribution >= 0.6 is 11.3 Å². The molecule has 1 aromatic rings. The third-order valence-corrected chi connectivity index (χ3v) is 6.66. The van der Waals surface area contributed by atoms with Gasteiger partial charge in [0.25, 0.3) is 5.91 Å². The maximum absolute atomic E-state index is 11.8. The van der Waals surface area contributed by atoms with Gasteiger partial charge in [-0.25, -0.2) is 0 Å². The molecule has 4 atom stereocenters. The normalized spacial score (nSPS) is 35.1. The number of nitrogen functional groups attached to an aromatic ring is 1. The minimum Gasteiger partial charge on any atom is -0.396 e. The summed E-state index contributed by atoms with van der Waals surface area (Å²) in [6.07, 6.45) is 4.13. The summed E-state index contributed by atoms with van der Waals surface area (Å²) in [4.78, 5) is 12.2. The van der Waals surface area contributed by atoms with Crippen LogP contribution in [0, 0.1) is 35.0 Å². The van der Waals surface area contributed by atoms with E-state index in [1.807, 2.05) is 0 Å². The van der Waals surface area contributed by atoms with Crippen LogP contribution in [0.1, 0.15) is 34.5 Å². The van der Waals surface area contributed by atoms with Crippen molar-refractivity contribution in [1.82, 2.24) is 5.32 Å². The monoisotopic (exact) mass is 302 g/mol. The van der Waals surface area contributed by atoms with Crippen LogP contribution in [0.2, 0.25) is 0 Å². The molecule has 0 saturated heterocycles. The van der Waals surface area contributed by atoms with Crippen molar-refractivity contribution >= 4 is 27.9 Å². The summed E-state index contributed by atoms with van der Waals surface area (Å²) in [5, 5.41) is 16.2. The molecule has 0 aliphatic heterocycles. The van der Waals surface area contributed by atoms with Gasteiger partial charge in [-0.2, -0.15) is 5.26 Å². The van der Waals surface area contributed by atoms with E-state index in [0.29, 0.717) is 22.2 Å². The van der Waals surface area contributed by atoms with Crippen LogP contribution in [0.3, 0.4) is 0 Å². The highest BCUT2D eigenvalue weighted by Gasteiger charge is 2.65.